The quantitative estimate of drug-likeness (QED) is 0.450. The molecule has 0 saturated heterocycles. The topological polar surface area (TPSA) is 9.23 Å². The third kappa shape index (κ3) is 4.32. The van der Waals surface area contributed by atoms with Crippen molar-refractivity contribution >= 4 is 8.46 Å². The van der Waals surface area contributed by atoms with Gasteiger partial charge in [0.25, 0.3) is 0 Å². The summed E-state index contributed by atoms with van der Waals surface area (Å²) < 4.78 is 15.4. The van der Waals surface area contributed by atoms with Crippen molar-refractivity contribution in [2.45, 2.75) is 0 Å². The Morgan fingerprint density at radius 3 is 2.00 bits per heavy atom. The van der Waals surface area contributed by atoms with Crippen molar-refractivity contribution in [1.29, 1.82) is 0 Å². The third-order valence-corrected chi connectivity index (χ3v) is 0.755. The molecule has 3 heteroatoms. The molecular weight excluding hydrogens is 90.0 g/mol. The lowest BCUT2D eigenvalue weighted by Gasteiger charge is -1.88. The van der Waals surface area contributed by atoms with Crippen LogP contribution >= 0.6 is 8.46 Å². The lowest BCUT2D eigenvalue weighted by atomic mass is 11.8. The van der Waals surface area contributed by atoms with Crippen LogP contribution in [0.2, 0.25) is 0 Å². The molecule has 5 heavy (non-hydrogen) atoms. The zero-order chi connectivity index (χ0) is 4.28. The second kappa shape index (κ2) is 2.55. The first kappa shape index (κ1) is 5.32. The highest BCUT2D eigenvalue weighted by Gasteiger charge is 1.86. The van der Waals surface area contributed by atoms with E-state index < -0.39 is 8.46 Å². The predicted molar refractivity (Wildman–Crippen MR) is 21.0 cm³/mol. The summed E-state index contributed by atoms with van der Waals surface area (Å²) in [6, 6.07) is 0. The summed E-state index contributed by atoms with van der Waals surface area (Å²) in [7, 11) is -0.245. The summed E-state index contributed by atoms with van der Waals surface area (Å²) in [6.07, 6.45) is 0. The molecule has 0 bridgehead atoms. The van der Waals surface area contributed by atoms with Gasteiger partial charge in [-0.15, -0.1) is 0 Å². The minimum Gasteiger partial charge on any atom is -0.334 e. The first-order valence-electron chi connectivity index (χ1n) is 1.21. The molecule has 1 atom stereocenters. The largest absolute Gasteiger partial charge is 0.334 e. The van der Waals surface area contributed by atoms with Crippen LogP contribution in [-0.2, 0) is 4.52 Å². The molecule has 0 heterocycles. The predicted octanol–water partition coefficient (Wildman–Crippen LogP) is 1.54. The standard InChI is InChI=1S/C2H6FOP/c1-4-5(2)3/h1-2H3. The van der Waals surface area contributed by atoms with Gasteiger partial charge in [-0.25, -0.2) is 0 Å². The third-order valence-electron chi connectivity index (χ3n) is 0.252. The van der Waals surface area contributed by atoms with Gasteiger partial charge in [-0.1, -0.05) is 0 Å². The minimum atomic E-state index is -1.60. The first-order chi connectivity index (χ1) is 2.27. The van der Waals surface area contributed by atoms with E-state index in [0.717, 1.165) is 0 Å². The van der Waals surface area contributed by atoms with Gasteiger partial charge in [-0.2, -0.15) is 4.20 Å². The van der Waals surface area contributed by atoms with E-state index in [2.05, 4.69) is 4.52 Å². The van der Waals surface area contributed by atoms with E-state index in [1.54, 1.807) is 0 Å². The van der Waals surface area contributed by atoms with Crippen molar-refractivity contribution in [1.82, 2.24) is 0 Å². The summed E-state index contributed by atoms with van der Waals surface area (Å²) in [4.78, 5) is 0. The van der Waals surface area contributed by atoms with Crippen LogP contribution in [0.5, 0.6) is 0 Å². The Kier molecular flexibility index (Phi) is 2.71. The average Bonchev–Trinajstić information content (AvgIpc) is 1.38. The zero-order valence-electron chi connectivity index (χ0n) is 3.23. The van der Waals surface area contributed by atoms with E-state index in [1.165, 1.54) is 13.8 Å². The van der Waals surface area contributed by atoms with Gasteiger partial charge in [0, 0.05) is 13.8 Å². The molecular formula is C2H6FOP. The maximum Gasteiger partial charge on any atom is 0.216 e. The Morgan fingerprint density at radius 2 is 2.00 bits per heavy atom. The molecule has 0 spiro atoms. The second-order valence-corrected chi connectivity index (χ2v) is 1.81. The van der Waals surface area contributed by atoms with Crippen molar-refractivity contribution in [3.05, 3.63) is 0 Å². The maximum absolute atomic E-state index is 11.3. The van der Waals surface area contributed by atoms with Crippen molar-refractivity contribution in [2.75, 3.05) is 13.8 Å². The van der Waals surface area contributed by atoms with E-state index in [1.807, 2.05) is 0 Å². The van der Waals surface area contributed by atoms with Gasteiger partial charge >= 0.3 is 0 Å². The molecule has 1 unspecified atom stereocenters. The zero-order valence-corrected chi connectivity index (χ0v) is 4.13. The van der Waals surface area contributed by atoms with Crippen LogP contribution in [0.25, 0.3) is 0 Å². The Bertz CT molecular complexity index is 23.6. The van der Waals surface area contributed by atoms with Gasteiger partial charge in [0.05, 0.1) is 0 Å². The molecule has 32 valence electrons. The maximum atomic E-state index is 11.3. The lowest BCUT2D eigenvalue weighted by Crippen LogP contribution is -1.59. The molecule has 0 rings (SSSR count). The summed E-state index contributed by atoms with van der Waals surface area (Å²) in [5.41, 5.74) is 0. The van der Waals surface area contributed by atoms with Gasteiger partial charge in [0.1, 0.15) is 0 Å². The summed E-state index contributed by atoms with van der Waals surface area (Å²) in [6.45, 7) is 1.40. The van der Waals surface area contributed by atoms with Crippen molar-refractivity contribution in [3.8, 4) is 0 Å². The van der Waals surface area contributed by atoms with Gasteiger partial charge < -0.3 is 4.52 Å². The van der Waals surface area contributed by atoms with E-state index in [0.29, 0.717) is 0 Å². The highest BCUT2D eigenvalue weighted by Crippen LogP contribution is 2.30. The SMILES string of the molecule is COP(C)F. The molecule has 0 aromatic carbocycles. The molecule has 0 fully saturated rings. The van der Waals surface area contributed by atoms with Crippen LogP contribution in [0.15, 0.2) is 0 Å². The number of hydrogen-bond donors (Lipinski definition) is 0. The van der Waals surface area contributed by atoms with E-state index >= 15 is 0 Å². The van der Waals surface area contributed by atoms with E-state index in [-0.39, 0.29) is 0 Å². The second-order valence-electron chi connectivity index (χ2n) is 0.603. The highest BCUT2D eigenvalue weighted by atomic mass is 31.2. The molecule has 0 saturated carbocycles. The van der Waals surface area contributed by atoms with Crippen LogP contribution in [-0.4, -0.2) is 13.8 Å². The summed E-state index contributed by atoms with van der Waals surface area (Å²) in [5, 5.41) is 0. The van der Waals surface area contributed by atoms with Crippen LogP contribution in [0.4, 0.5) is 4.20 Å². The molecule has 0 aromatic rings. The van der Waals surface area contributed by atoms with Gasteiger partial charge in [0.15, 0.2) is 0 Å². The van der Waals surface area contributed by atoms with E-state index in [4.69, 9.17) is 0 Å². The van der Waals surface area contributed by atoms with Gasteiger partial charge in [-0.05, 0) is 0 Å². The molecule has 0 radical (unpaired) electrons. The highest BCUT2D eigenvalue weighted by molar-refractivity contribution is 7.45. The molecule has 0 aliphatic heterocycles. The monoisotopic (exact) mass is 96.0 g/mol. The number of hydrogen-bond acceptors (Lipinski definition) is 1. The molecule has 0 N–H and O–H groups in total. The Hall–Kier alpha value is 0.320. The fourth-order valence-electron chi connectivity index (χ4n) is 0. The van der Waals surface area contributed by atoms with Crippen LogP contribution in [0, 0.1) is 0 Å². The molecule has 0 amide bonds. The summed E-state index contributed by atoms with van der Waals surface area (Å²) >= 11 is 0. The Morgan fingerprint density at radius 1 is 1.80 bits per heavy atom. The molecule has 0 aliphatic carbocycles. The fourth-order valence-corrected chi connectivity index (χ4v) is 0. The Labute approximate surface area is 32.1 Å². The van der Waals surface area contributed by atoms with Crippen LogP contribution in [0.1, 0.15) is 0 Å². The van der Waals surface area contributed by atoms with E-state index in [9.17, 15) is 4.20 Å². The minimum absolute atomic E-state index is 1.35. The number of halogens is 1. The van der Waals surface area contributed by atoms with Crippen molar-refractivity contribution in [2.24, 2.45) is 0 Å². The number of rotatable bonds is 1. The molecule has 0 aromatic heterocycles. The van der Waals surface area contributed by atoms with Gasteiger partial charge in [-0.3, -0.25) is 0 Å². The lowest BCUT2D eigenvalue weighted by molar-refractivity contribution is 0.435. The fraction of sp³-hybridized carbons (Fsp3) is 1.00. The molecule has 1 nitrogen and oxygen atoms in total. The Balaban J connectivity index is 2.54. The normalized spacial score (nSPS) is 15.0. The summed E-state index contributed by atoms with van der Waals surface area (Å²) in [5.74, 6) is 0. The average molecular weight is 96.0 g/mol. The van der Waals surface area contributed by atoms with Crippen molar-refractivity contribution < 1.29 is 8.72 Å². The van der Waals surface area contributed by atoms with Crippen molar-refractivity contribution in [3.63, 3.8) is 0 Å². The molecule has 0 aliphatic rings. The smallest absolute Gasteiger partial charge is 0.216 e. The van der Waals surface area contributed by atoms with Crippen LogP contribution in [0.3, 0.4) is 0 Å². The van der Waals surface area contributed by atoms with Gasteiger partial charge in [0.2, 0.25) is 8.46 Å². The van der Waals surface area contributed by atoms with Crippen LogP contribution < -0.4 is 0 Å². The first-order valence-corrected chi connectivity index (χ1v) is 2.80.